The van der Waals surface area contributed by atoms with E-state index < -0.39 is 0 Å². The second-order valence-electron chi connectivity index (χ2n) is 4.69. The molecule has 2 aromatic heterocycles. The van der Waals surface area contributed by atoms with Gasteiger partial charge >= 0.3 is 0 Å². The second kappa shape index (κ2) is 6.94. The fraction of sp³-hybridized carbons (Fsp3) is 0.500. The predicted molar refractivity (Wildman–Crippen MR) is 87.1 cm³/mol. The molecule has 0 aromatic carbocycles. The number of thiophene rings is 1. The van der Waals surface area contributed by atoms with E-state index in [1.165, 1.54) is 17.0 Å². The van der Waals surface area contributed by atoms with Gasteiger partial charge < -0.3 is 5.32 Å². The van der Waals surface area contributed by atoms with Gasteiger partial charge in [-0.15, -0.1) is 11.3 Å². The van der Waals surface area contributed by atoms with E-state index in [0.29, 0.717) is 0 Å². The molecule has 0 amide bonds. The first-order valence-electron chi connectivity index (χ1n) is 6.76. The molecule has 0 saturated heterocycles. The average Bonchev–Trinajstić information content (AvgIpc) is 2.91. The Kier molecular flexibility index (Phi) is 5.49. The molecule has 0 aliphatic heterocycles. The van der Waals surface area contributed by atoms with Crippen molar-refractivity contribution >= 4 is 34.5 Å². The minimum atomic E-state index is 0.164. The van der Waals surface area contributed by atoms with Gasteiger partial charge in [-0.2, -0.15) is 5.10 Å². The molecule has 2 heterocycles. The van der Waals surface area contributed by atoms with Gasteiger partial charge in [0.1, 0.15) is 0 Å². The molecule has 1 atom stereocenters. The molecule has 20 heavy (non-hydrogen) atoms. The lowest BCUT2D eigenvalue weighted by molar-refractivity contribution is 0.517. The van der Waals surface area contributed by atoms with Crippen LogP contribution in [0.25, 0.3) is 0 Å². The van der Waals surface area contributed by atoms with Crippen molar-refractivity contribution in [3.05, 3.63) is 37.8 Å². The maximum Gasteiger partial charge on any atom is 0.0992 e. The molecule has 1 unspecified atom stereocenters. The third kappa shape index (κ3) is 3.55. The maximum atomic E-state index is 6.29. The minimum absolute atomic E-state index is 0.164. The summed E-state index contributed by atoms with van der Waals surface area (Å²) in [4.78, 5) is 0. The number of nitrogens with zero attached hydrogens (tertiary/aromatic N) is 2. The Labute approximate surface area is 133 Å². The smallest absolute Gasteiger partial charge is 0.0992 e. The molecule has 0 aliphatic rings. The number of likely N-dealkylation sites (N-methyl/N-ethyl adjacent to an activating group) is 1. The summed E-state index contributed by atoms with van der Waals surface area (Å²) >= 11 is 13.8. The summed E-state index contributed by atoms with van der Waals surface area (Å²) in [6.45, 7) is 7.98. The Morgan fingerprint density at radius 1 is 1.35 bits per heavy atom. The van der Waals surface area contributed by atoms with Crippen LogP contribution in [0.15, 0.2) is 12.1 Å². The molecule has 0 spiro atoms. The van der Waals surface area contributed by atoms with Crippen molar-refractivity contribution in [2.45, 2.75) is 39.8 Å². The first kappa shape index (κ1) is 15.8. The van der Waals surface area contributed by atoms with Crippen LogP contribution in [0.1, 0.15) is 36.8 Å². The Balaban J connectivity index is 2.27. The summed E-state index contributed by atoms with van der Waals surface area (Å²) in [5.74, 6) is 0. The third-order valence-corrected chi connectivity index (χ3v) is 4.73. The molecule has 2 aromatic rings. The van der Waals surface area contributed by atoms with E-state index in [9.17, 15) is 0 Å². The first-order valence-corrected chi connectivity index (χ1v) is 8.33. The zero-order valence-corrected chi connectivity index (χ0v) is 14.2. The number of halogens is 2. The fourth-order valence-electron chi connectivity index (χ4n) is 2.38. The Morgan fingerprint density at radius 3 is 2.65 bits per heavy atom. The first-order chi connectivity index (χ1) is 9.55. The van der Waals surface area contributed by atoms with Crippen LogP contribution in [-0.4, -0.2) is 16.3 Å². The number of hydrogen-bond donors (Lipinski definition) is 1. The monoisotopic (exact) mass is 331 g/mol. The topological polar surface area (TPSA) is 29.9 Å². The molecule has 0 saturated carbocycles. The van der Waals surface area contributed by atoms with E-state index in [-0.39, 0.29) is 6.04 Å². The summed E-state index contributed by atoms with van der Waals surface area (Å²) < 4.78 is 3.54. The molecule has 110 valence electrons. The number of hydrogen-bond acceptors (Lipinski definition) is 3. The van der Waals surface area contributed by atoms with Crippen LogP contribution in [0.4, 0.5) is 0 Å². The van der Waals surface area contributed by atoms with E-state index in [1.54, 1.807) is 0 Å². The van der Waals surface area contributed by atoms with E-state index in [0.717, 1.165) is 39.4 Å². The van der Waals surface area contributed by atoms with Gasteiger partial charge in [0.25, 0.3) is 0 Å². The van der Waals surface area contributed by atoms with Crippen molar-refractivity contribution in [2.75, 3.05) is 6.54 Å². The molecule has 3 nitrogen and oxygen atoms in total. The Hall–Kier alpha value is -0.550. The van der Waals surface area contributed by atoms with Crippen LogP contribution in [0.3, 0.4) is 0 Å². The van der Waals surface area contributed by atoms with Crippen LogP contribution in [-0.2, 0) is 13.0 Å². The van der Waals surface area contributed by atoms with Gasteiger partial charge in [0.2, 0.25) is 0 Å². The minimum Gasteiger partial charge on any atom is -0.310 e. The molecule has 2 rings (SSSR count). The second-order valence-corrected chi connectivity index (χ2v) is 6.97. The maximum absolute atomic E-state index is 6.29. The molecule has 0 aliphatic carbocycles. The number of rotatable bonds is 6. The van der Waals surface area contributed by atoms with Gasteiger partial charge in [0.05, 0.1) is 14.4 Å². The van der Waals surface area contributed by atoms with Gasteiger partial charge in [-0.25, -0.2) is 0 Å². The van der Waals surface area contributed by atoms with Gasteiger partial charge in [0.15, 0.2) is 0 Å². The third-order valence-electron chi connectivity index (χ3n) is 3.21. The molecule has 0 radical (unpaired) electrons. The highest BCUT2D eigenvalue weighted by Crippen LogP contribution is 2.36. The highest BCUT2D eigenvalue weighted by molar-refractivity contribution is 7.20. The van der Waals surface area contributed by atoms with Crippen LogP contribution in [0, 0.1) is 6.92 Å². The van der Waals surface area contributed by atoms with Gasteiger partial charge in [-0.05, 0) is 32.5 Å². The molecule has 0 bridgehead atoms. The number of aromatic nitrogens is 2. The van der Waals surface area contributed by atoms with Crippen LogP contribution in [0.5, 0.6) is 0 Å². The predicted octanol–water partition coefficient (Wildman–Crippen LogP) is 4.47. The van der Waals surface area contributed by atoms with Crippen LogP contribution < -0.4 is 5.32 Å². The van der Waals surface area contributed by atoms with Gasteiger partial charge in [-0.3, -0.25) is 4.68 Å². The van der Waals surface area contributed by atoms with E-state index in [4.69, 9.17) is 23.2 Å². The van der Waals surface area contributed by atoms with Crippen molar-refractivity contribution < 1.29 is 0 Å². The highest BCUT2D eigenvalue weighted by Gasteiger charge is 2.19. The number of nitrogens with one attached hydrogen (secondary N) is 1. The quantitative estimate of drug-likeness (QED) is 0.846. The number of aryl methyl sites for hydroxylation is 2. The van der Waals surface area contributed by atoms with Crippen molar-refractivity contribution in [3.8, 4) is 0 Å². The SMILES string of the molecule is CCNC(Cc1cc(C)nn1CC)c1cc(Cl)sc1Cl. The van der Waals surface area contributed by atoms with Crippen molar-refractivity contribution in [1.82, 2.24) is 15.1 Å². The lowest BCUT2D eigenvalue weighted by atomic mass is 10.0. The average molecular weight is 332 g/mol. The standard InChI is InChI=1S/C14H19Cl2N3S/c1-4-17-12(11-8-13(15)20-14(11)16)7-10-6-9(3)18-19(10)5-2/h6,8,12,17H,4-5,7H2,1-3H3. The fourth-order valence-corrected chi connectivity index (χ4v) is 3.95. The molecule has 0 fully saturated rings. The molecule has 6 heteroatoms. The normalized spacial score (nSPS) is 12.8. The summed E-state index contributed by atoms with van der Waals surface area (Å²) in [5.41, 5.74) is 3.34. The van der Waals surface area contributed by atoms with E-state index in [2.05, 4.69) is 30.3 Å². The van der Waals surface area contributed by atoms with Crippen molar-refractivity contribution in [1.29, 1.82) is 0 Å². The van der Waals surface area contributed by atoms with E-state index in [1.807, 2.05) is 17.7 Å². The lowest BCUT2D eigenvalue weighted by Crippen LogP contribution is -2.24. The summed E-state index contributed by atoms with van der Waals surface area (Å²) in [6.07, 6.45) is 0.856. The molecular formula is C14H19Cl2N3S. The summed E-state index contributed by atoms with van der Waals surface area (Å²) in [6, 6.07) is 4.26. The van der Waals surface area contributed by atoms with E-state index >= 15 is 0 Å². The summed E-state index contributed by atoms with van der Waals surface area (Å²) in [7, 11) is 0. The van der Waals surface area contributed by atoms with Crippen molar-refractivity contribution in [3.63, 3.8) is 0 Å². The Bertz CT molecular complexity index is 577. The lowest BCUT2D eigenvalue weighted by Gasteiger charge is -2.18. The van der Waals surface area contributed by atoms with Crippen molar-refractivity contribution in [2.24, 2.45) is 0 Å². The summed E-state index contributed by atoms with van der Waals surface area (Å²) in [5, 5.41) is 7.98. The zero-order chi connectivity index (χ0) is 14.7. The highest BCUT2D eigenvalue weighted by atomic mass is 35.5. The van der Waals surface area contributed by atoms with Gasteiger partial charge in [0, 0.05) is 30.3 Å². The molecular weight excluding hydrogens is 313 g/mol. The Morgan fingerprint density at radius 2 is 2.10 bits per heavy atom. The zero-order valence-electron chi connectivity index (χ0n) is 11.9. The van der Waals surface area contributed by atoms with Crippen LogP contribution in [0.2, 0.25) is 8.67 Å². The largest absolute Gasteiger partial charge is 0.310 e. The molecule has 1 N–H and O–H groups in total. The van der Waals surface area contributed by atoms with Crippen LogP contribution >= 0.6 is 34.5 Å². The van der Waals surface area contributed by atoms with Gasteiger partial charge in [-0.1, -0.05) is 30.1 Å².